The van der Waals surface area contributed by atoms with Crippen LogP contribution < -0.4 is 0 Å². The highest BCUT2D eigenvalue weighted by Crippen LogP contribution is 2.24. The first kappa shape index (κ1) is 15.5. The molecule has 0 saturated carbocycles. The van der Waals surface area contributed by atoms with Crippen LogP contribution in [-0.2, 0) is 11.2 Å². The van der Waals surface area contributed by atoms with E-state index in [1.54, 1.807) is 11.0 Å². The third kappa shape index (κ3) is 3.31. The van der Waals surface area contributed by atoms with Crippen molar-refractivity contribution >= 4 is 5.91 Å². The van der Waals surface area contributed by atoms with Crippen LogP contribution in [0.3, 0.4) is 0 Å². The predicted molar refractivity (Wildman–Crippen MR) is 78.6 cm³/mol. The van der Waals surface area contributed by atoms with Gasteiger partial charge in [0.15, 0.2) is 5.69 Å². The summed E-state index contributed by atoms with van der Waals surface area (Å²) in [6.45, 7) is 6.50. The van der Waals surface area contributed by atoms with Crippen molar-refractivity contribution < 1.29 is 19.2 Å². The quantitative estimate of drug-likeness (QED) is 0.853. The lowest BCUT2D eigenvalue weighted by molar-refractivity contribution is -0.0257. The van der Waals surface area contributed by atoms with Gasteiger partial charge in [-0.15, -0.1) is 0 Å². The highest BCUT2D eigenvalue weighted by Gasteiger charge is 2.40. The number of aromatic nitrogens is 1. The van der Waals surface area contributed by atoms with Crippen LogP contribution in [-0.4, -0.2) is 77.5 Å². The molecule has 2 aliphatic rings. The Morgan fingerprint density at radius 3 is 2.86 bits per heavy atom. The first-order chi connectivity index (χ1) is 10.6. The summed E-state index contributed by atoms with van der Waals surface area (Å²) in [4.78, 5) is 16.3. The lowest BCUT2D eigenvalue weighted by atomic mass is 10.0. The number of rotatable bonds is 4. The summed E-state index contributed by atoms with van der Waals surface area (Å²) in [5.74, 6) is 0.535. The zero-order valence-electron chi connectivity index (χ0n) is 13.0. The van der Waals surface area contributed by atoms with Gasteiger partial charge in [0.1, 0.15) is 5.76 Å². The summed E-state index contributed by atoms with van der Waals surface area (Å²) in [7, 11) is 0. The molecule has 1 N–H and O–H groups in total. The van der Waals surface area contributed by atoms with Crippen LogP contribution in [0.15, 0.2) is 10.6 Å². The molecule has 1 atom stereocenters. The summed E-state index contributed by atoms with van der Waals surface area (Å²) in [5, 5.41) is 14.6. The van der Waals surface area contributed by atoms with Gasteiger partial charge in [-0.25, -0.2) is 0 Å². The van der Waals surface area contributed by atoms with Gasteiger partial charge in [0, 0.05) is 38.7 Å². The number of ether oxygens (including phenoxy) is 1. The Hall–Kier alpha value is -1.44. The Labute approximate surface area is 129 Å². The standard InChI is InChI=1S/C15H23N3O4/c1-2-12-9-13(16-22-12)14(19)18-4-3-15(20,11-18)10-17-5-7-21-8-6-17/h9,20H,2-8,10-11H2,1H3/t15-/m0/s1. The highest BCUT2D eigenvalue weighted by molar-refractivity contribution is 5.92. The van der Waals surface area contributed by atoms with Crippen LogP contribution in [0.4, 0.5) is 0 Å². The number of β-amino-alcohol motifs (C(OH)–C–C–N with tert-alkyl or cyclic N) is 1. The van der Waals surface area contributed by atoms with Crippen molar-refractivity contribution in [2.45, 2.75) is 25.4 Å². The molecule has 7 heteroatoms. The average Bonchev–Trinajstić information content (AvgIpc) is 3.14. The minimum atomic E-state index is -0.843. The van der Waals surface area contributed by atoms with Gasteiger partial charge in [0.25, 0.3) is 5.91 Å². The molecule has 2 aliphatic heterocycles. The first-order valence-electron chi connectivity index (χ1n) is 7.87. The summed E-state index contributed by atoms with van der Waals surface area (Å²) >= 11 is 0. The number of aryl methyl sites for hydroxylation is 1. The maximum atomic E-state index is 12.4. The lowest BCUT2D eigenvalue weighted by Crippen LogP contribution is -2.49. The molecule has 22 heavy (non-hydrogen) atoms. The lowest BCUT2D eigenvalue weighted by Gasteiger charge is -2.33. The topological polar surface area (TPSA) is 79.0 Å². The molecular formula is C15H23N3O4. The molecule has 3 heterocycles. The second-order valence-electron chi connectivity index (χ2n) is 6.12. The molecule has 2 saturated heterocycles. The van der Waals surface area contributed by atoms with E-state index in [9.17, 15) is 9.90 Å². The fourth-order valence-electron chi connectivity index (χ4n) is 3.08. The molecule has 2 fully saturated rings. The Morgan fingerprint density at radius 2 is 2.18 bits per heavy atom. The molecule has 122 valence electrons. The number of aliphatic hydroxyl groups is 1. The smallest absolute Gasteiger partial charge is 0.276 e. The van der Waals surface area contributed by atoms with Crippen molar-refractivity contribution in [1.82, 2.24) is 15.0 Å². The minimum Gasteiger partial charge on any atom is -0.387 e. The summed E-state index contributed by atoms with van der Waals surface area (Å²) < 4.78 is 10.4. The van der Waals surface area contributed by atoms with Crippen molar-refractivity contribution in [3.63, 3.8) is 0 Å². The minimum absolute atomic E-state index is 0.165. The molecule has 1 amide bonds. The van der Waals surface area contributed by atoms with E-state index in [-0.39, 0.29) is 5.91 Å². The van der Waals surface area contributed by atoms with Gasteiger partial charge in [0.05, 0.1) is 25.4 Å². The Morgan fingerprint density at radius 1 is 1.41 bits per heavy atom. The number of likely N-dealkylation sites (tertiary alicyclic amines) is 1. The fourth-order valence-corrected chi connectivity index (χ4v) is 3.08. The van der Waals surface area contributed by atoms with Crippen molar-refractivity contribution in [3.05, 3.63) is 17.5 Å². The number of hydrogen-bond donors (Lipinski definition) is 1. The van der Waals surface area contributed by atoms with Crippen LogP contribution in [0.5, 0.6) is 0 Å². The van der Waals surface area contributed by atoms with Gasteiger partial charge in [-0.2, -0.15) is 0 Å². The van der Waals surface area contributed by atoms with Crippen molar-refractivity contribution in [2.24, 2.45) is 0 Å². The molecule has 0 aromatic carbocycles. The number of amides is 1. The fraction of sp³-hybridized carbons (Fsp3) is 0.733. The van der Waals surface area contributed by atoms with E-state index < -0.39 is 5.60 Å². The van der Waals surface area contributed by atoms with Crippen molar-refractivity contribution in [2.75, 3.05) is 45.9 Å². The number of morpholine rings is 1. The SMILES string of the molecule is CCc1cc(C(=O)N2CC[C@](O)(CN3CCOCC3)C2)no1. The molecule has 0 unspecified atom stereocenters. The van der Waals surface area contributed by atoms with Crippen LogP contribution in [0.1, 0.15) is 29.6 Å². The normalized spacial score (nSPS) is 26.5. The second-order valence-corrected chi connectivity index (χ2v) is 6.12. The Kier molecular flexibility index (Phi) is 4.46. The zero-order chi connectivity index (χ0) is 15.6. The van der Waals surface area contributed by atoms with Gasteiger partial charge in [-0.3, -0.25) is 9.69 Å². The first-order valence-corrected chi connectivity index (χ1v) is 7.87. The second kappa shape index (κ2) is 6.36. The third-order valence-electron chi connectivity index (χ3n) is 4.37. The van der Waals surface area contributed by atoms with E-state index >= 15 is 0 Å². The van der Waals surface area contributed by atoms with Crippen LogP contribution in [0.25, 0.3) is 0 Å². The summed E-state index contributed by atoms with van der Waals surface area (Å²) in [5.41, 5.74) is -0.517. The van der Waals surface area contributed by atoms with Gasteiger partial charge in [-0.05, 0) is 6.42 Å². The van der Waals surface area contributed by atoms with E-state index in [0.29, 0.717) is 57.1 Å². The van der Waals surface area contributed by atoms with Gasteiger partial charge in [-0.1, -0.05) is 12.1 Å². The average molecular weight is 309 g/mol. The number of hydrogen-bond acceptors (Lipinski definition) is 6. The highest BCUT2D eigenvalue weighted by atomic mass is 16.5. The molecule has 0 bridgehead atoms. The van der Waals surface area contributed by atoms with Crippen molar-refractivity contribution in [1.29, 1.82) is 0 Å². The van der Waals surface area contributed by atoms with Crippen molar-refractivity contribution in [3.8, 4) is 0 Å². The van der Waals surface area contributed by atoms with E-state index in [0.717, 1.165) is 13.1 Å². The van der Waals surface area contributed by atoms with Crippen LogP contribution in [0, 0.1) is 0 Å². The molecule has 0 radical (unpaired) electrons. The van der Waals surface area contributed by atoms with Crippen LogP contribution >= 0.6 is 0 Å². The molecule has 1 aromatic rings. The molecule has 0 aliphatic carbocycles. The molecule has 7 nitrogen and oxygen atoms in total. The maximum Gasteiger partial charge on any atom is 0.276 e. The Bertz CT molecular complexity index is 527. The zero-order valence-corrected chi connectivity index (χ0v) is 13.0. The van der Waals surface area contributed by atoms with Crippen LogP contribution in [0.2, 0.25) is 0 Å². The third-order valence-corrected chi connectivity index (χ3v) is 4.37. The Balaban J connectivity index is 1.59. The van der Waals surface area contributed by atoms with E-state index in [2.05, 4.69) is 10.1 Å². The molecule has 0 spiro atoms. The van der Waals surface area contributed by atoms with E-state index in [1.807, 2.05) is 6.92 Å². The summed E-state index contributed by atoms with van der Waals surface area (Å²) in [6.07, 6.45) is 1.30. The van der Waals surface area contributed by atoms with Gasteiger partial charge < -0.3 is 19.3 Å². The van der Waals surface area contributed by atoms with Gasteiger partial charge in [0.2, 0.25) is 0 Å². The monoisotopic (exact) mass is 309 g/mol. The largest absolute Gasteiger partial charge is 0.387 e. The number of carbonyl (C=O) groups excluding carboxylic acids is 1. The number of nitrogens with zero attached hydrogens (tertiary/aromatic N) is 3. The molecule has 1 aromatic heterocycles. The predicted octanol–water partition coefficient (Wildman–Crippen LogP) is 0.146. The molecule has 3 rings (SSSR count). The number of carbonyl (C=O) groups is 1. The van der Waals surface area contributed by atoms with E-state index in [4.69, 9.17) is 9.26 Å². The molecular weight excluding hydrogens is 286 g/mol. The van der Waals surface area contributed by atoms with Gasteiger partial charge >= 0.3 is 0 Å². The maximum absolute atomic E-state index is 12.4. The summed E-state index contributed by atoms with van der Waals surface area (Å²) in [6, 6.07) is 1.68. The van der Waals surface area contributed by atoms with E-state index in [1.165, 1.54) is 0 Å².